The zero-order valence-corrected chi connectivity index (χ0v) is 36.1. The van der Waals surface area contributed by atoms with E-state index in [4.69, 9.17) is 4.42 Å². The molecule has 5 heteroatoms. The molecule has 2 aliphatic rings. The van der Waals surface area contributed by atoms with Gasteiger partial charge in [-0.05, 0) is 117 Å². The molecule has 0 bridgehead atoms. The predicted octanol–water partition coefficient (Wildman–Crippen LogP) is 14.1. The second-order valence-corrected chi connectivity index (χ2v) is 20.1. The highest BCUT2D eigenvalue weighted by Gasteiger charge is 2.37. The van der Waals surface area contributed by atoms with Crippen LogP contribution in [0.2, 0.25) is 0 Å². The molecule has 1 N–H and O–H groups in total. The molecular weight excluding hydrogens is 760 g/mol. The molecule has 0 atom stereocenters. The first-order chi connectivity index (χ1) is 29.5. The van der Waals surface area contributed by atoms with Crippen molar-refractivity contribution in [3.63, 3.8) is 0 Å². The SMILES string of the molecule is Cc1cc(-c2cc3c(cc2Nc2ccc(C(C)(C)C)cc2)C(C)(C)c2ccccc2-3)c2c3c1c1cc4oc5ccccc5c4cc1n3-c1cc3c(cc1B2)sc1ccccc13. The minimum Gasteiger partial charge on any atom is -0.456 e. The fourth-order valence-corrected chi connectivity index (χ4v) is 12.1. The van der Waals surface area contributed by atoms with Crippen molar-refractivity contribution in [1.82, 2.24) is 4.57 Å². The standard InChI is InChI=1S/C56H43BN2OS/c1-30-23-40(37-24-36-33-13-7-10-16-42(33)56(5,6)43(36)28-45(37)58-32-21-19-31(20-22-32)55(2,3)4)53-54-52(30)41-27-49-38(34-14-8-11-17-48(34)60-49)25-46(41)59(54)47-26-39-35-15-9-12-18-50(35)61-51(39)29-44(47)57-53/h7-29,57-58H,1-6H3. The van der Waals surface area contributed by atoms with E-state index < -0.39 is 0 Å². The molecular formula is C56H43BN2OS. The van der Waals surface area contributed by atoms with Gasteiger partial charge >= 0.3 is 0 Å². The number of para-hydroxylation sites is 1. The Morgan fingerprint density at radius 2 is 1.39 bits per heavy atom. The summed E-state index contributed by atoms with van der Waals surface area (Å²) >= 11 is 1.90. The van der Waals surface area contributed by atoms with E-state index in [1.807, 2.05) is 11.3 Å². The van der Waals surface area contributed by atoms with E-state index in [0.29, 0.717) is 0 Å². The van der Waals surface area contributed by atoms with Crippen molar-refractivity contribution in [1.29, 1.82) is 0 Å². The average Bonchev–Trinajstić information content (AvgIpc) is 3.97. The van der Waals surface area contributed by atoms with Crippen LogP contribution in [0.5, 0.6) is 0 Å². The van der Waals surface area contributed by atoms with Crippen molar-refractivity contribution in [3.8, 4) is 27.9 Å². The van der Waals surface area contributed by atoms with Crippen LogP contribution in [0.1, 0.15) is 56.9 Å². The molecule has 292 valence electrons. The maximum Gasteiger partial charge on any atom is 0.198 e. The Labute approximate surface area is 359 Å². The summed E-state index contributed by atoms with van der Waals surface area (Å²) in [5, 5.41) is 11.5. The number of aromatic nitrogens is 1. The van der Waals surface area contributed by atoms with Gasteiger partial charge in [-0.15, -0.1) is 11.3 Å². The van der Waals surface area contributed by atoms with Crippen molar-refractivity contribution in [3.05, 3.63) is 162 Å². The molecule has 0 saturated carbocycles. The molecule has 1 aliphatic heterocycles. The molecule has 0 spiro atoms. The van der Waals surface area contributed by atoms with Crippen LogP contribution in [0.3, 0.4) is 0 Å². The van der Waals surface area contributed by atoms with Crippen molar-refractivity contribution >= 4 is 105 Å². The van der Waals surface area contributed by atoms with Gasteiger partial charge in [-0.1, -0.05) is 119 Å². The first-order valence-electron chi connectivity index (χ1n) is 21.5. The lowest BCUT2D eigenvalue weighted by atomic mass is 9.58. The van der Waals surface area contributed by atoms with Crippen molar-refractivity contribution in [2.75, 3.05) is 5.32 Å². The summed E-state index contributed by atoms with van der Waals surface area (Å²) in [6.07, 6.45) is 0. The summed E-state index contributed by atoms with van der Waals surface area (Å²) in [5.74, 6) is 0. The van der Waals surface area contributed by atoms with E-state index in [1.165, 1.54) is 103 Å². The van der Waals surface area contributed by atoms with E-state index >= 15 is 0 Å². The average molecular weight is 803 g/mol. The molecule has 3 nitrogen and oxygen atoms in total. The Bertz CT molecular complexity index is 3720. The predicted molar refractivity (Wildman–Crippen MR) is 264 cm³/mol. The summed E-state index contributed by atoms with van der Waals surface area (Å²) in [5.41, 5.74) is 21.0. The Morgan fingerprint density at radius 3 is 2.23 bits per heavy atom. The van der Waals surface area contributed by atoms with Gasteiger partial charge in [-0.25, -0.2) is 0 Å². The minimum atomic E-state index is -0.132. The Balaban J connectivity index is 1.13. The van der Waals surface area contributed by atoms with Gasteiger partial charge in [-0.2, -0.15) is 0 Å². The largest absolute Gasteiger partial charge is 0.456 e. The summed E-state index contributed by atoms with van der Waals surface area (Å²) in [7, 11) is 0.833. The second-order valence-electron chi connectivity index (χ2n) is 19.1. The summed E-state index contributed by atoms with van der Waals surface area (Å²) in [6.45, 7) is 13.9. The molecule has 0 radical (unpaired) electrons. The lowest BCUT2D eigenvalue weighted by Crippen LogP contribution is -2.37. The number of nitrogens with one attached hydrogen (secondary N) is 1. The molecule has 8 aromatic carbocycles. The van der Waals surface area contributed by atoms with Gasteiger partial charge in [0.1, 0.15) is 11.2 Å². The van der Waals surface area contributed by atoms with Crippen LogP contribution >= 0.6 is 11.3 Å². The fourth-order valence-electron chi connectivity index (χ4n) is 11.0. The van der Waals surface area contributed by atoms with Gasteiger partial charge in [0, 0.05) is 75.3 Å². The quantitative estimate of drug-likeness (QED) is 0.180. The van der Waals surface area contributed by atoms with E-state index in [2.05, 4.69) is 191 Å². The van der Waals surface area contributed by atoms with E-state index in [0.717, 1.165) is 40.6 Å². The minimum absolute atomic E-state index is 0.0779. The van der Waals surface area contributed by atoms with E-state index in [9.17, 15) is 0 Å². The third-order valence-corrected chi connectivity index (χ3v) is 15.2. The number of thiophene rings is 1. The van der Waals surface area contributed by atoms with Crippen LogP contribution in [0.4, 0.5) is 11.4 Å². The normalized spacial score (nSPS) is 14.0. The van der Waals surface area contributed by atoms with Crippen LogP contribution < -0.4 is 16.2 Å². The molecule has 1 aliphatic carbocycles. The van der Waals surface area contributed by atoms with Crippen LogP contribution in [0.15, 0.2) is 144 Å². The molecule has 13 rings (SSSR count). The number of nitrogens with zero attached hydrogens (tertiary/aromatic N) is 1. The zero-order valence-electron chi connectivity index (χ0n) is 35.2. The molecule has 0 saturated heterocycles. The van der Waals surface area contributed by atoms with Gasteiger partial charge < -0.3 is 14.3 Å². The Kier molecular flexibility index (Phi) is 6.96. The molecule has 11 aromatic rings. The number of hydrogen-bond acceptors (Lipinski definition) is 3. The van der Waals surface area contributed by atoms with Gasteiger partial charge in [0.05, 0.1) is 5.52 Å². The highest BCUT2D eigenvalue weighted by atomic mass is 32.1. The van der Waals surface area contributed by atoms with Crippen LogP contribution in [0, 0.1) is 6.92 Å². The third kappa shape index (κ3) is 4.87. The molecule has 3 aromatic heterocycles. The van der Waals surface area contributed by atoms with Gasteiger partial charge in [0.25, 0.3) is 0 Å². The molecule has 0 amide bonds. The number of fused-ring (bicyclic) bond motifs is 14. The van der Waals surface area contributed by atoms with Crippen molar-refractivity contribution in [2.24, 2.45) is 0 Å². The second kappa shape index (κ2) is 12.1. The number of aryl methyl sites for hydroxylation is 1. The monoisotopic (exact) mass is 802 g/mol. The van der Waals surface area contributed by atoms with Crippen molar-refractivity contribution in [2.45, 2.75) is 52.4 Å². The molecule has 0 unspecified atom stereocenters. The number of furan rings is 1. The molecule has 4 heterocycles. The maximum absolute atomic E-state index is 6.57. The fraction of sp³-hybridized carbons (Fsp3) is 0.143. The Hall–Kier alpha value is -6.56. The smallest absolute Gasteiger partial charge is 0.198 e. The number of hydrogen-bond donors (Lipinski definition) is 1. The summed E-state index contributed by atoms with van der Waals surface area (Å²) < 4.78 is 11.8. The first kappa shape index (κ1) is 35.2. The van der Waals surface area contributed by atoms with Crippen molar-refractivity contribution < 1.29 is 4.42 Å². The molecule has 61 heavy (non-hydrogen) atoms. The van der Waals surface area contributed by atoms with E-state index in [1.54, 1.807) is 0 Å². The number of rotatable bonds is 3. The lowest BCUT2D eigenvalue weighted by Gasteiger charge is -2.26. The zero-order chi connectivity index (χ0) is 41.1. The van der Waals surface area contributed by atoms with E-state index in [-0.39, 0.29) is 10.8 Å². The van der Waals surface area contributed by atoms with Gasteiger partial charge in [0.15, 0.2) is 7.28 Å². The first-order valence-corrected chi connectivity index (χ1v) is 22.4. The van der Waals surface area contributed by atoms with Crippen LogP contribution in [-0.4, -0.2) is 11.8 Å². The summed E-state index contributed by atoms with van der Waals surface area (Å²) in [6, 6.07) is 52.5. The third-order valence-electron chi connectivity index (χ3n) is 14.1. The van der Waals surface area contributed by atoms with Crippen LogP contribution in [0.25, 0.3) is 91.9 Å². The van der Waals surface area contributed by atoms with Crippen LogP contribution in [-0.2, 0) is 10.8 Å². The maximum atomic E-state index is 6.57. The number of anilines is 2. The summed E-state index contributed by atoms with van der Waals surface area (Å²) in [4.78, 5) is 0. The molecule has 0 fully saturated rings. The highest BCUT2D eigenvalue weighted by Crippen LogP contribution is 2.52. The topological polar surface area (TPSA) is 30.1 Å². The Morgan fingerprint density at radius 1 is 0.623 bits per heavy atom. The van der Waals surface area contributed by atoms with Gasteiger partial charge in [-0.3, -0.25) is 0 Å². The highest BCUT2D eigenvalue weighted by molar-refractivity contribution is 7.26. The lowest BCUT2D eigenvalue weighted by molar-refractivity contribution is 0.590. The number of benzene rings is 8. The van der Waals surface area contributed by atoms with Gasteiger partial charge in [0.2, 0.25) is 0 Å².